The van der Waals surface area contributed by atoms with Crippen LogP contribution < -0.4 is 5.32 Å². The minimum Gasteiger partial charge on any atom is -0.463 e. The van der Waals surface area contributed by atoms with Crippen molar-refractivity contribution in [1.82, 2.24) is 9.88 Å². The monoisotopic (exact) mass is 330 g/mol. The van der Waals surface area contributed by atoms with Crippen molar-refractivity contribution in [2.24, 2.45) is 5.92 Å². The fourth-order valence-corrected chi connectivity index (χ4v) is 2.72. The summed E-state index contributed by atoms with van der Waals surface area (Å²) in [7, 11) is 0. The number of hydrogen-bond acceptors (Lipinski definition) is 2. The first-order chi connectivity index (χ1) is 11.1. The van der Waals surface area contributed by atoms with E-state index in [1.165, 1.54) is 0 Å². The molecule has 4 nitrogen and oxygen atoms in total. The van der Waals surface area contributed by atoms with Gasteiger partial charge in [-0.2, -0.15) is 0 Å². The molecule has 3 aromatic rings. The molecule has 0 radical (unpaired) electrons. The fraction of sp³-hybridized carbons (Fsp3) is 0.278. The van der Waals surface area contributed by atoms with Crippen molar-refractivity contribution in [1.29, 1.82) is 0 Å². The van der Waals surface area contributed by atoms with Crippen LogP contribution in [0.4, 0.5) is 0 Å². The van der Waals surface area contributed by atoms with Gasteiger partial charge in [0.2, 0.25) is 0 Å². The lowest BCUT2D eigenvalue weighted by molar-refractivity contribution is 0.0940. The Labute approximate surface area is 140 Å². The highest BCUT2D eigenvalue weighted by Gasteiger charge is 2.18. The van der Waals surface area contributed by atoms with Gasteiger partial charge in [-0.25, -0.2) is 0 Å². The van der Waals surface area contributed by atoms with Crippen molar-refractivity contribution in [3.8, 4) is 0 Å². The number of nitrogens with one attached hydrogen (secondary N) is 1. The van der Waals surface area contributed by atoms with E-state index in [1.54, 1.807) is 12.3 Å². The number of aromatic nitrogens is 1. The number of nitrogens with zero attached hydrogens (tertiary/aromatic N) is 1. The van der Waals surface area contributed by atoms with E-state index in [9.17, 15) is 4.79 Å². The summed E-state index contributed by atoms with van der Waals surface area (Å²) in [5, 5.41) is 3.64. The lowest BCUT2D eigenvalue weighted by Gasteiger charge is -2.12. The molecule has 0 atom stereocenters. The minimum absolute atomic E-state index is 0.0999. The quantitative estimate of drug-likeness (QED) is 0.757. The maximum Gasteiger partial charge on any atom is 0.268 e. The first-order valence-corrected chi connectivity index (χ1v) is 8.02. The van der Waals surface area contributed by atoms with Crippen LogP contribution in [0, 0.1) is 5.92 Å². The van der Waals surface area contributed by atoms with E-state index < -0.39 is 0 Å². The maximum atomic E-state index is 12.5. The highest BCUT2D eigenvalue weighted by Crippen LogP contribution is 2.24. The van der Waals surface area contributed by atoms with Crippen molar-refractivity contribution in [2.75, 3.05) is 6.54 Å². The van der Waals surface area contributed by atoms with Crippen LogP contribution in [0.3, 0.4) is 0 Å². The molecule has 0 saturated heterocycles. The van der Waals surface area contributed by atoms with E-state index >= 15 is 0 Å². The summed E-state index contributed by atoms with van der Waals surface area (Å²) in [6.07, 6.45) is 1.63. The summed E-state index contributed by atoms with van der Waals surface area (Å²) in [4.78, 5) is 12.5. The molecule has 0 spiro atoms. The molecule has 1 amide bonds. The predicted molar refractivity (Wildman–Crippen MR) is 91.9 cm³/mol. The number of halogens is 1. The first-order valence-electron chi connectivity index (χ1n) is 7.64. The summed E-state index contributed by atoms with van der Waals surface area (Å²) in [6.45, 7) is 5.29. The van der Waals surface area contributed by atoms with Gasteiger partial charge in [-0.1, -0.05) is 43.6 Å². The molecule has 3 rings (SSSR count). The Hall–Kier alpha value is -2.20. The summed E-state index contributed by atoms with van der Waals surface area (Å²) < 4.78 is 7.39. The van der Waals surface area contributed by atoms with Crippen LogP contribution in [0.15, 0.2) is 47.1 Å². The van der Waals surface area contributed by atoms with Crippen molar-refractivity contribution in [3.05, 3.63) is 58.9 Å². The molecule has 23 heavy (non-hydrogen) atoms. The Morgan fingerprint density at radius 3 is 2.83 bits per heavy atom. The van der Waals surface area contributed by atoms with Gasteiger partial charge in [0.15, 0.2) is 5.58 Å². The minimum atomic E-state index is -0.0999. The molecule has 0 unspecified atom stereocenters. The first kappa shape index (κ1) is 15.7. The number of carbonyl (C=O) groups excluding carboxylic acids is 1. The lowest BCUT2D eigenvalue weighted by atomic mass is 10.2. The molecular formula is C18H19ClN2O2. The zero-order chi connectivity index (χ0) is 16.4. The summed E-state index contributed by atoms with van der Waals surface area (Å²) in [5.41, 5.74) is 3.14. The zero-order valence-electron chi connectivity index (χ0n) is 13.2. The third-order valence-corrected chi connectivity index (χ3v) is 4.08. The molecule has 5 heteroatoms. The van der Waals surface area contributed by atoms with E-state index in [1.807, 2.05) is 34.9 Å². The Morgan fingerprint density at radius 1 is 1.30 bits per heavy atom. The van der Waals surface area contributed by atoms with Crippen molar-refractivity contribution in [2.45, 2.75) is 20.4 Å². The topological polar surface area (TPSA) is 47.2 Å². The number of amides is 1. The molecule has 0 saturated carbocycles. The van der Waals surface area contributed by atoms with Crippen LogP contribution in [0.2, 0.25) is 5.02 Å². The molecule has 1 aromatic carbocycles. The standard InChI is InChI=1S/C18H19ClN2O2/c1-12(2)10-20-18(22)16-9-17-15(7-8-23-17)21(16)11-13-5-3-4-6-14(13)19/h3-9,12H,10-11H2,1-2H3,(H,20,22). The number of carbonyl (C=O) groups is 1. The Balaban J connectivity index is 1.97. The SMILES string of the molecule is CC(C)CNC(=O)c1cc2occc2n1Cc1ccccc1Cl. The van der Waals surface area contributed by atoms with Crippen LogP contribution in [0.1, 0.15) is 29.9 Å². The smallest absolute Gasteiger partial charge is 0.268 e. The van der Waals surface area contributed by atoms with Gasteiger partial charge in [0, 0.05) is 30.2 Å². The normalized spacial score (nSPS) is 11.3. The summed E-state index contributed by atoms with van der Waals surface area (Å²) >= 11 is 6.26. The Bertz CT molecular complexity index is 833. The van der Waals surface area contributed by atoms with Gasteiger partial charge in [-0.3, -0.25) is 4.79 Å². The van der Waals surface area contributed by atoms with Gasteiger partial charge < -0.3 is 14.3 Å². The fourth-order valence-electron chi connectivity index (χ4n) is 2.52. The molecule has 0 fully saturated rings. The molecule has 2 aromatic heterocycles. The number of furan rings is 1. The highest BCUT2D eigenvalue weighted by atomic mass is 35.5. The largest absolute Gasteiger partial charge is 0.463 e. The number of rotatable bonds is 5. The van der Waals surface area contributed by atoms with E-state index in [0.29, 0.717) is 35.3 Å². The molecule has 0 aliphatic rings. The van der Waals surface area contributed by atoms with Gasteiger partial charge in [0.25, 0.3) is 5.91 Å². The molecule has 120 valence electrons. The lowest BCUT2D eigenvalue weighted by Crippen LogP contribution is -2.29. The van der Waals surface area contributed by atoms with E-state index in [-0.39, 0.29) is 5.91 Å². The van der Waals surface area contributed by atoms with Gasteiger partial charge in [-0.15, -0.1) is 0 Å². The van der Waals surface area contributed by atoms with Crippen LogP contribution in [-0.4, -0.2) is 17.0 Å². The Kier molecular flexibility index (Phi) is 4.44. The van der Waals surface area contributed by atoms with Gasteiger partial charge in [0.05, 0.1) is 11.8 Å². The molecule has 1 N–H and O–H groups in total. The van der Waals surface area contributed by atoms with Gasteiger partial charge in [0.1, 0.15) is 5.69 Å². The summed E-state index contributed by atoms with van der Waals surface area (Å²) in [5.74, 6) is 0.297. The molecular weight excluding hydrogens is 312 g/mol. The second-order valence-electron chi connectivity index (χ2n) is 5.98. The van der Waals surface area contributed by atoms with E-state index in [2.05, 4.69) is 19.2 Å². The average Bonchev–Trinajstić information content (AvgIpc) is 3.09. The number of fused-ring (bicyclic) bond motifs is 1. The third kappa shape index (κ3) is 3.27. The molecule has 0 aliphatic carbocycles. The maximum absolute atomic E-state index is 12.5. The molecule has 0 aliphatic heterocycles. The molecule has 2 heterocycles. The predicted octanol–water partition coefficient (Wildman–Crippen LogP) is 4.32. The highest BCUT2D eigenvalue weighted by molar-refractivity contribution is 6.31. The van der Waals surface area contributed by atoms with Gasteiger partial charge in [-0.05, 0) is 17.5 Å². The number of hydrogen-bond donors (Lipinski definition) is 1. The van der Waals surface area contributed by atoms with Crippen molar-refractivity contribution < 1.29 is 9.21 Å². The van der Waals surface area contributed by atoms with E-state index in [4.69, 9.17) is 16.0 Å². The Morgan fingerprint density at radius 2 is 2.09 bits per heavy atom. The zero-order valence-corrected chi connectivity index (χ0v) is 13.9. The van der Waals surface area contributed by atoms with E-state index in [0.717, 1.165) is 11.1 Å². The molecule has 0 bridgehead atoms. The van der Waals surface area contributed by atoms with Crippen molar-refractivity contribution >= 4 is 28.6 Å². The van der Waals surface area contributed by atoms with Crippen LogP contribution in [0.5, 0.6) is 0 Å². The van der Waals surface area contributed by atoms with Crippen molar-refractivity contribution in [3.63, 3.8) is 0 Å². The average molecular weight is 331 g/mol. The van der Waals surface area contributed by atoms with Crippen LogP contribution in [-0.2, 0) is 6.54 Å². The number of benzene rings is 1. The van der Waals surface area contributed by atoms with Crippen LogP contribution in [0.25, 0.3) is 11.1 Å². The van der Waals surface area contributed by atoms with Crippen LogP contribution >= 0.6 is 11.6 Å². The second-order valence-corrected chi connectivity index (χ2v) is 6.39. The third-order valence-electron chi connectivity index (χ3n) is 3.71. The van der Waals surface area contributed by atoms with Gasteiger partial charge >= 0.3 is 0 Å². The summed E-state index contributed by atoms with van der Waals surface area (Å²) in [6, 6.07) is 11.3. The second kappa shape index (κ2) is 6.50.